The molecular formula is C25H27N5O4. The van der Waals surface area contributed by atoms with Gasteiger partial charge in [-0.1, -0.05) is 42.5 Å². The molecule has 2 aromatic carbocycles. The number of hydrogen-bond acceptors (Lipinski definition) is 5. The van der Waals surface area contributed by atoms with Gasteiger partial charge < -0.3 is 14.6 Å². The first kappa shape index (κ1) is 23.2. The molecule has 0 spiro atoms. The molecule has 4 rings (SSSR count). The summed E-state index contributed by atoms with van der Waals surface area (Å²) in [4.78, 5) is 44.0. The summed E-state index contributed by atoms with van der Waals surface area (Å²) in [5.41, 5.74) is 2.79. The minimum Gasteiger partial charge on any atom is -0.383 e. The Hall–Kier alpha value is -3.98. The van der Waals surface area contributed by atoms with Crippen molar-refractivity contribution < 1.29 is 9.53 Å². The lowest BCUT2D eigenvalue weighted by atomic mass is 10.1. The topological polar surface area (TPSA) is 100 Å². The molecule has 2 aromatic heterocycles. The maximum absolute atomic E-state index is 13.4. The number of imidazole rings is 1. The van der Waals surface area contributed by atoms with Gasteiger partial charge in [-0.2, -0.15) is 0 Å². The number of carbonyl (C=O) groups is 1. The van der Waals surface area contributed by atoms with Crippen molar-refractivity contribution in [1.82, 2.24) is 18.7 Å². The molecule has 4 aromatic rings. The zero-order valence-electron chi connectivity index (χ0n) is 19.4. The van der Waals surface area contributed by atoms with Crippen LogP contribution in [0.1, 0.15) is 16.7 Å². The lowest BCUT2D eigenvalue weighted by Gasteiger charge is -2.14. The Balaban J connectivity index is 1.78. The zero-order chi connectivity index (χ0) is 24.2. The van der Waals surface area contributed by atoms with Crippen LogP contribution in [-0.4, -0.2) is 38.3 Å². The number of nitrogens with zero attached hydrogens (tertiary/aromatic N) is 4. The van der Waals surface area contributed by atoms with Gasteiger partial charge >= 0.3 is 5.69 Å². The quantitative estimate of drug-likeness (QED) is 0.434. The highest BCUT2D eigenvalue weighted by atomic mass is 16.5. The smallest absolute Gasteiger partial charge is 0.333 e. The number of aryl methyl sites for hydroxylation is 2. The second kappa shape index (κ2) is 9.88. The van der Waals surface area contributed by atoms with E-state index in [0.29, 0.717) is 18.8 Å². The van der Waals surface area contributed by atoms with Gasteiger partial charge in [-0.05, 0) is 36.6 Å². The van der Waals surface area contributed by atoms with Crippen LogP contribution in [0.15, 0.2) is 64.4 Å². The van der Waals surface area contributed by atoms with E-state index in [1.165, 1.54) is 10.9 Å². The Labute approximate surface area is 196 Å². The van der Waals surface area contributed by atoms with Crippen molar-refractivity contribution in [2.24, 2.45) is 0 Å². The van der Waals surface area contributed by atoms with Crippen LogP contribution in [-0.2, 0) is 29.2 Å². The molecule has 2 heterocycles. The van der Waals surface area contributed by atoms with Crippen molar-refractivity contribution in [2.75, 3.05) is 19.0 Å². The number of hydrogen-bond donors (Lipinski definition) is 1. The molecule has 0 aliphatic carbocycles. The van der Waals surface area contributed by atoms with Crippen LogP contribution < -0.4 is 16.6 Å². The van der Waals surface area contributed by atoms with E-state index in [4.69, 9.17) is 4.74 Å². The Kier molecular flexibility index (Phi) is 6.74. The Morgan fingerprint density at radius 3 is 2.56 bits per heavy atom. The third-order valence-electron chi connectivity index (χ3n) is 5.67. The standard InChI is InChI=1S/C25H27N5O4/c1-17-9-10-18(2)20(13-17)27-21(31)15-30-24(32)22-23(26-16-28(22)11-12-34-3)29(25(30)33)14-19-7-5-4-6-8-19/h4-10,13,16H,11-12,14-15H2,1-3H3,(H,27,31). The number of anilines is 1. The maximum atomic E-state index is 13.4. The van der Waals surface area contributed by atoms with E-state index in [2.05, 4.69) is 10.3 Å². The molecule has 176 valence electrons. The van der Waals surface area contributed by atoms with Gasteiger partial charge in [-0.15, -0.1) is 0 Å². The van der Waals surface area contributed by atoms with Gasteiger partial charge in [-0.3, -0.25) is 14.2 Å². The largest absolute Gasteiger partial charge is 0.383 e. The Morgan fingerprint density at radius 2 is 1.82 bits per heavy atom. The van der Waals surface area contributed by atoms with Gasteiger partial charge in [0.2, 0.25) is 5.91 Å². The summed E-state index contributed by atoms with van der Waals surface area (Å²) in [6.45, 7) is 4.38. The summed E-state index contributed by atoms with van der Waals surface area (Å²) >= 11 is 0. The first-order chi connectivity index (χ1) is 16.4. The van der Waals surface area contributed by atoms with Crippen LogP contribution in [0, 0.1) is 13.8 Å². The van der Waals surface area contributed by atoms with E-state index in [0.717, 1.165) is 21.3 Å². The minimum absolute atomic E-state index is 0.219. The van der Waals surface area contributed by atoms with Gasteiger partial charge in [0.25, 0.3) is 5.56 Å². The molecular weight excluding hydrogens is 434 g/mol. The SMILES string of the molecule is COCCn1cnc2c1c(=O)n(CC(=O)Nc1cc(C)ccc1C)c(=O)n2Cc1ccccc1. The number of benzene rings is 2. The number of ether oxygens (including phenoxy) is 1. The molecule has 0 bridgehead atoms. The lowest BCUT2D eigenvalue weighted by molar-refractivity contribution is -0.116. The number of amides is 1. The summed E-state index contributed by atoms with van der Waals surface area (Å²) in [7, 11) is 1.57. The monoisotopic (exact) mass is 461 g/mol. The number of nitrogens with one attached hydrogen (secondary N) is 1. The fraction of sp³-hybridized carbons (Fsp3) is 0.280. The maximum Gasteiger partial charge on any atom is 0.333 e. The van der Waals surface area contributed by atoms with E-state index in [1.54, 1.807) is 11.7 Å². The average molecular weight is 462 g/mol. The second-order valence-electron chi connectivity index (χ2n) is 8.22. The second-order valence-corrected chi connectivity index (χ2v) is 8.22. The zero-order valence-corrected chi connectivity index (χ0v) is 19.4. The predicted octanol–water partition coefficient (Wildman–Crippen LogP) is 2.31. The molecule has 0 aliphatic rings. The number of rotatable bonds is 8. The van der Waals surface area contributed by atoms with Crippen LogP contribution in [0.3, 0.4) is 0 Å². The van der Waals surface area contributed by atoms with Crippen molar-refractivity contribution in [1.29, 1.82) is 0 Å². The Morgan fingerprint density at radius 1 is 1.06 bits per heavy atom. The summed E-state index contributed by atoms with van der Waals surface area (Å²) < 4.78 is 9.20. The predicted molar refractivity (Wildman–Crippen MR) is 130 cm³/mol. The molecule has 1 amide bonds. The molecule has 34 heavy (non-hydrogen) atoms. The van der Waals surface area contributed by atoms with E-state index < -0.39 is 23.7 Å². The van der Waals surface area contributed by atoms with E-state index >= 15 is 0 Å². The van der Waals surface area contributed by atoms with Gasteiger partial charge in [-0.25, -0.2) is 14.3 Å². The molecule has 1 N–H and O–H groups in total. The van der Waals surface area contributed by atoms with Crippen LogP contribution in [0.4, 0.5) is 5.69 Å². The first-order valence-corrected chi connectivity index (χ1v) is 11.0. The summed E-state index contributed by atoms with van der Waals surface area (Å²) in [6, 6.07) is 15.1. The molecule has 0 saturated heterocycles. The third kappa shape index (κ3) is 4.69. The number of methoxy groups -OCH3 is 1. The summed E-state index contributed by atoms with van der Waals surface area (Å²) in [6.07, 6.45) is 1.52. The molecule has 0 unspecified atom stereocenters. The fourth-order valence-corrected chi connectivity index (χ4v) is 3.85. The van der Waals surface area contributed by atoms with Crippen molar-refractivity contribution in [2.45, 2.75) is 33.5 Å². The highest BCUT2D eigenvalue weighted by Gasteiger charge is 2.20. The van der Waals surface area contributed by atoms with Crippen LogP contribution >= 0.6 is 0 Å². The average Bonchev–Trinajstić information content (AvgIpc) is 3.25. The first-order valence-electron chi connectivity index (χ1n) is 11.0. The summed E-state index contributed by atoms with van der Waals surface area (Å²) in [5.74, 6) is -0.457. The van der Waals surface area contributed by atoms with Crippen molar-refractivity contribution >= 4 is 22.8 Å². The highest BCUT2D eigenvalue weighted by Crippen LogP contribution is 2.16. The van der Waals surface area contributed by atoms with E-state index in [-0.39, 0.29) is 17.7 Å². The molecule has 0 fully saturated rings. The third-order valence-corrected chi connectivity index (χ3v) is 5.67. The van der Waals surface area contributed by atoms with Gasteiger partial charge in [0, 0.05) is 19.3 Å². The molecule has 9 heteroatoms. The Bertz CT molecular complexity index is 1450. The molecule has 0 aliphatic heterocycles. The number of fused-ring (bicyclic) bond motifs is 1. The van der Waals surface area contributed by atoms with Crippen molar-refractivity contribution in [3.8, 4) is 0 Å². The van der Waals surface area contributed by atoms with Gasteiger partial charge in [0.15, 0.2) is 11.2 Å². The van der Waals surface area contributed by atoms with E-state index in [9.17, 15) is 14.4 Å². The number of aromatic nitrogens is 4. The molecule has 0 radical (unpaired) electrons. The van der Waals surface area contributed by atoms with Crippen LogP contribution in [0.25, 0.3) is 11.2 Å². The minimum atomic E-state index is -0.588. The number of carbonyl (C=O) groups excluding carboxylic acids is 1. The van der Waals surface area contributed by atoms with Crippen LogP contribution in [0.2, 0.25) is 0 Å². The fourth-order valence-electron chi connectivity index (χ4n) is 3.85. The van der Waals surface area contributed by atoms with Crippen molar-refractivity contribution in [3.63, 3.8) is 0 Å². The highest BCUT2D eigenvalue weighted by molar-refractivity contribution is 5.91. The molecule has 0 saturated carbocycles. The van der Waals surface area contributed by atoms with Crippen molar-refractivity contribution in [3.05, 3.63) is 92.4 Å². The normalized spacial score (nSPS) is 11.1. The van der Waals surface area contributed by atoms with Gasteiger partial charge in [0.1, 0.15) is 6.54 Å². The molecule has 9 nitrogen and oxygen atoms in total. The van der Waals surface area contributed by atoms with Crippen LogP contribution in [0.5, 0.6) is 0 Å². The lowest BCUT2D eigenvalue weighted by Crippen LogP contribution is -2.43. The summed E-state index contributed by atoms with van der Waals surface area (Å²) in [5, 5.41) is 2.82. The molecule has 0 atom stereocenters. The van der Waals surface area contributed by atoms with Gasteiger partial charge in [0.05, 0.1) is 19.5 Å². The van der Waals surface area contributed by atoms with E-state index in [1.807, 2.05) is 62.4 Å².